The number of carbonyl (C=O) groups excluding carboxylic acids is 1. The van der Waals surface area contributed by atoms with Crippen LogP contribution < -0.4 is 0 Å². The number of aryl methyl sites for hydroxylation is 1. The van der Waals surface area contributed by atoms with Gasteiger partial charge in [-0.1, -0.05) is 17.8 Å². The lowest BCUT2D eigenvalue weighted by atomic mass is 10.1. The first-order valence-corrected chi connectivity index (χ1v) is 8.64. The lowest BCUT2D eigenvalue weighted by Crippen LogP contribution is -2.08. The van der Waals surface area contributed by atoms with Crippen LogP contribution in [0.3, 0.4) is 0 Å². The number of thioether (sulfide) groups is 1. The molecule has 3 rings (SSSR count). The number of hydrogen-bond acceptors (Lipinski definition) is 4. The molecule has 26 heavy (non-hydrogen) atoms. The molecule has 0 saturated heterocycles. The summed E-state index contributed by atoms with van der Waals surface area (Å²) in [5, 5.41) is 6.90. The number of aromatic amines is 1. The van der Waals surface area contributed by atoms with Gasteiger partial charge in [0.25, 0.3) is 0 Å². The van der Waals surface area contributed by atoms with E-state index < -0.39 is 11.7 Å². The number of aromatic nitrogens is 4. The molecular formula is C17H15F3N4OS. The van der Waals surface area contributed by atoms with Gasteiger partial charge in [-0.2, -0.15) is 18.3 Å². The standard InChI is InChI=1S/C17H15F3N4OS/c1-10-6-14(15(25)8-26-16-21-9-22-23-16)11(2)24(10)13-5-3-4-12(7-13)17(18,19)20/h3-7,9H,8H2,1-2H3,(H,21,22,23). The van der Waals surface area contributed by atoms with Crippen molar-refractivity contribution in [3.05, 3.63) is 59.2 Å². The molecule has 0 aliphatic heterocycles. The van der Waals surface area contributed by atoms with E-state index in [9.17, 15) is 18.0 Å². The van der Waals surface area contributed by atoms with Crippen LogP contribution in [-0.4, -0.2) is 31.3 Å². The van der Waals surface area contributed by atoms with Crippen LogP contribution in [0, 0.1) is 13.8 Å². The normalized spacial score (nSPS) is 11.7. The van der Waals surface area contributed by atoms with Gasteiger partial charge in [0, 0.05) is 22.6 Å². The zero-order valence-electron chi connectivity index (χ0n) is 14.0. The molecule has 1 N–H and O–H groups in total. The molecule has 2 heterocycles. The van der Waals surface area contributed by atoms with Gasteiger partial charge in [0.05, 0.1) is 11.3 Å². The average molecular weight is 380 g/mol. The van der Waals surface area contributed by atoms with Crippen LogP contribution in [0.5, 0.6) is 0 Å². The second-order valence-electron chi connectivity index (χ2n) is 5.67. The Balaban J connectivity index is 1.90. The summed E-state index contributed by atoms with van der Waals surface area (Å²) >= 11 is 1.22. The summed E-state index contributed by atoms with van der Waals surface area (Å²) in [6.45, 7) is 3.48. The van der Waals surface area contributed by atoms with Gasteiger partial charge < -0.3 is 4.57 Å². The summed E-state index contributed by atoms with van der Waals surface area (Å²) in [5.74, 6) is 0.0277. The highest BCUT2D eigenvalue weighted by atomic mass is 32.2. The number of rotatable bonds is 5. The number of ketones is 1. The Morgan fingerprint density at radius 3 is 2.69 bits per heavy atom. The molecule has 0 saturated carbocycles. The van der Waals surface area contributed by atoms with Gasteiger partial charge in [0.1, 0.15) is 6.33 Å². The SMILES string of the molecule is Cc1cc(C(=O)CSc2ncn[nH]2)c(C)n1-c1cccc(C(F)(F)F)c1. The first-order valence-electron chi connectivity index (χ1n) is 7.65. The van der Waals surface area contributed by atoms with Crippen LogP contribution in [0.2, 0.25) is 0 Å². The van der Waals surface area contributed by atoms with E-state index in [-0.39, 0.29) is 11.5 Å². The Labute approximate surface area is 151 Å². The van der Waals surface area contributed by atoms with Crippen molar-refractivity contribution in [3.63, 3.8) is 0 Å². The Hall–Kier alpha value is -2.55. The molecule has 5 nitrogen and oxygen atoms in total. The second-order valence-corrected chi connectivity index (χ2v) is 6.63. The summed E-state index contributed by atoms with van der Waals surface area (Å²) in [5.41, 5.74) is 1.42. The first kappa shape index (κ1) is 18.2. The lowest BCUT2D eigenvalue weighted by molar-refractivity contribution is -0.137. The average Bonchev–Trinajstić information content (AvgIpc) is 3.20. The molecule has 2 aromatic heterocycles. The van der Waals surface area contributed by atoms with Crippen LogP contribution in [0.1, 0.15) is 27.3 Å². The molecule has 0 aliphatic carbocycles. The van der Waals surface area contributed by atoms with Crippen LogP contribution >= 0.6 is 11.8 Å². The van der Waals surface area contributed by atoms with Crippen molar-refractivity contribution in [2.45, 2.75) is 25.2 Å². The Morgan fingerprint density at radius 2 is 2.04 bits per heavy atom. The number of Topliss-reactive ketones (excluding diaryl/α,β-unsaturated/α-hetero) is 1. The van der Waals surface area contributed by atoms with Crippen molar-refractivity contribution in [1.29, 1.82) is 0 Å². The van der Waals surface area contributed by atoms with Gasteiger partial charge in [-0.15, -0.1) is 0 Å². The summed E-state index contributed by atoms with van der Waals surface area (Å²) in [7, 11) is 0. The predicted molar refractivity (Wildman–Crippen MR) is 91.7 cm³/mol. The highest BCUT2D eigenvalue weighted by Crippen LogP contribution is 2.31. The molecule has 136 valence electrons. The summed E-state index contributed by atoms with van der Waals surface area (Å²) in [6.07, 6.45) is -3.07. The fourth-order valence-electron chi connectivity index (χ4n) is 2.74. The highest BCUT2D eigenvalue weighted by Gasteiger charge is 2.30. The molecule has 0 spiro atoms. The minimum absolute atomic E-state index is 0.127. The fraction of sp³-hybridized carbons (Fsp3) is 0.235. The fourth-order valence-corrected chi connectivity index (χ4v) is 3.40. The van der Waals surface area contributed by atoms with Gasteiger partial charge >= 0.3 is 6.18 Å². The van der Waals surface area contributed by atoms with Crippen molar-refractivity contribution in [3.8, 4) is 5.69 Å². The minimum Gasteiger partial charge on any atom is -0.318 e. The number of benzene rings is 1. The highest BCUT2D eigenvalue weighted by molar-refractivity contribution is 7.99. The van der Waals surface area contributed by atoms with E-state index in [1.807, 2.05) is 0 Å². The molecule has 0 radical (unpaired) electrons. The summed E-state index contributed by atoms with van der Waals surface area (Å²) in [4.78, 5) is 16.4. The number of nitrogens with one attached hydrogen (secondary N) is 1. The number of carbonyl (C=O) groups is 1. The van der Waals surface area contributed by atoms with Gasteiger partial charge in [-0.3, -0.25) is 9.89 Å². The first-order chi connectivity index (χ1) is 12.3. The van der Waals surface area contributed by atoms with Crippen molar-refractivity contribution >= 4 is 17.5 Å². The van der Waals surface area contributed by atoms with E-state index in [4.69, 9.17) is 0 Å². The van der Waals surface area contributed by atoms with Crippen LogP contribution in [0.4, 0.5) is 13.2 Å². The van der Waals surface area contributed by atoms with Gasteiger partial charge in [-0.25, -0.2) is 4.98 Å². The van der Waals surface area contributed by atoms with Gasteiger partial charge in [0.15, 0.2) is 10.9 Å². The number of H-pyrrole nitrogens is 1. The monoisotopic (exact) mass is 380 g/mol. The third kappa shape index (κ3) is 3.67. The topological polar surface area (TPSA) is 63.6 Å². The Bertz CT molecular complexity index is 932. The maximum absolute atomic E-state index is 13.0. The number of nitrogens with zero attached hydrogens (tertiary/aromatic N) is 3. The zero-order chi connectivity index (χ0) is 18.9. The van der Waals surface area contributed by atoms with Crippen LogP contribution in [-0.2, 0) is 6.18 Å². The van der Waals surface area contributed by atoms with Gasteiger partial charge in [0.2, 0.25) is 0 Å². The molecule has 0 fully saturated rings. The van der Waals surface area contributed by atoms with Crippen molar-refractivity contribution < 1.29 is 18.0 Å². The molecule has 9 heteroatoms. The third-order valence-corrected chi connectivity index (χ3v) is 4.77. The predicted octanol–water partition coefficient (Wildman–Crippen LogP) is 4.21. The van der Waals surface area contributed by atoms with Gasteiger partial charge in [-0.05, 0) is 38.1 Å². The molecule has 0 aliphatic rings. The minimum atomic E-state index is -4.42. The van der Waals surface area contributed by atoms with E-state index in [0.29, 0.717) is 27.8 Å². The van der Waals surface area contributed by atoms with Crippen LogP contribution in [0.15, 0.2) is 41.8 Å². The van der Waals surface area contributed by atoms with E-state index in [1.54, 1.807) is 30.5 Å². The maximum Gasteiger partial charge on any atom is 0.416 e. The number of alkyl halides is 3. The van der Waals surface area contributed by atoms with E-state index in [0.717, 1.165) is 12.1 Å². The maximum atomic E-state index is 13.0. The number of halogens is 3. The Kier molecular flexibility index (Phi) is 4.90. The summed E-state index contributed by atoms with van der Waals surface area (Å²) < 4.78 is 40.6. The van der Waals surface area contributed by atoms with Crippen molar-refractivity contribution in [2.75, 3.05) is 5.75 Å². The smallest absolute Gasteiger partial charge is 0.318 e. The van der Waals surface area contributed by atoms with Crippen molar-refractivity contribution in [2.24, 2.45) is 0 Å². The quantitative estimate of drug-likeness (QED) is 0.532. The van der Waals surface area contributed by atoms with E-state index in [1.165, 1.54) is 24.2 Å². The molecule has 3 aromatic rings. The largest absolute Gasteiger partial charge is 0.416 e. The molecule has 0 unspecified atom stereocenters. The number of hydrogen-bond donors (Lipinski definition) is 1. The molecular weight excluding hydrogens is 365 g/mol. The molecule has 0 amide bonds. The van der Waals surface area contributed by atoms with E-state index in [2.05, 4.69) is 15.2 Å². The molecule has 0 atom stereocenters. The second kappa shape index (κ2) is 6.99. The third-order valence-electron chi connectivity index (χ3n) is 3.90. The van der Waals surface area contributed by atoms with Crippen molar-refractivity contribution in [1.82, 2.24) is 19.7 Å². The van der Waals surface area contributed by atoms with Crippen LogP contribution in [0.25, 0.3) is 5.69 Å². The molecule has 0 bridgehead atoms. The molecule has 1 aromatic carbocycles. The Morgan fingerprint density at radius 1 is 1.27 bits per heavy atom. The summed E-state index contributed by atoms with van der Waals surface area (Å²) in [6, 6.07) is 6.75. The zero-order valence-corrected chi connectivity index (χ0v) is 14.8. The lowest BCUT2D eigenvalue weighted by Gasteiger charge is -2.13. The van der Waals surface area contributed by atoms with E-state index >= 15 is 0 Å².